The molecule has 0 bridgehead atoms. The van der Waals surface area contributed by atoms with E-state index in [4.69, 9.17) is 23.2 Å². The second-order valence-electron chi connectivity index (χ2n) is 5.03. The molecule has 1 saturated carbocycles. The van der Waals surface area contributed by atoms with E-state index in [1.165, 1.54) is 0 Å². The van der Waals surface area contributed by atoms with Crippen molar-refractivity contribution in [2.75, 3.05) is 13.6 Å². The third kappa shape index (κ3) is 4.01. The highest BCUT2D eigenvalue weighted by Crippen LogP contribution is 2.50. The van der Waals surface area contributed by atoms with Crippen LogP contribution in [0, 0.1) is 5.92 Å². The molecule has 112 valence electrons. The number of halogens is 3. The molecule has 1 aliphatic rings. The highest BCUT2D eigenvalue weighted by atomic mass is 35.5. The third-order valence-corrected chi connectivity index (χ3v) is 4.42. The Morgan fingerprint density at radius 1 is 1.45 bits per heavy atom. The highest BCUT2D eigenvalue weighted by Gasteiger charge is 2.44. The van der Waals surface area contributed by atoms with Crippen LogP contribution in [0.15, 0.2) is 18.2 Å². The Bertz CT molecular complexity index is 481. The lowest BCUT2D eigenvalue weighted by molar-refractivity contribution is -0.122. The first-order chi connectivity index (χ1) is 9.04. The molecule has 1 aromatic rings. The SMILES string of the molecule is CNC(C)CNC(=O)C1CC1c1cccc(Cl)c1Cl.Cl. The van der Waals surface area contributed by atoms with Crippen molar-refractivity contribution in [2.24, 2.45) is 5.92 Å². The lowest BCUT2D eigenvalue weighted by Gasteiger charge is -2.11. The molecule has 0 aliphatic heterocycles. The van der Waals surface area contributed by atoms with Gasteiger partial charge in [0.15, 0.2) is 0 Å². The van der Waals surface area contributed by atoms with Gasteiger partial charge in [0.25, 0.3) is 0 Å². The summed E-state index contributed by atoms with van der Waals surface area (Å²) in [7, 11) is 1.88. The van der Waals surface area contributed by atoms with Crippen LogP contribution >= 0.6 is 35.6 Å². The minimum atomic E-state index is 0. The molecule has 0 spiro atoms. The van der Waals surface area contributed by atoms with Crippen molar-refractivity contribution in [3.05, 3.63) is 33.8 Å². The van der Waals surface area contributed by atoms with Crippen molar-refractivity contribution in [1.29, 1.82) is 0 Å². The zero-order valence-electron chi connectivity index (χ0n) is 11.5. The Morgan fingerprint density at radius 2 is 2.15 bits per heavy atom. The summed E-state index contributed by atoms with van der Waals surface area (Å²) >= 11 is 12.2. The van der Waals surface area contributed by atoms with E-state index in [9.17, 15) is 4.79 Å². The van der Waals surface area contributed by atoms with Crippen LogP contribution in [-0.2, 0) is 4.79 Å². The van der Waals surface area contributed by atoms with Crippen LogP contribution in [0.5, 0.6) is 0 Å². The summed E-state index contributed by atoms with van der Waals surface area (Å²) in [4.78, 5) is 12.0. The number of benzene rings is 1. The lowest BCUT2D eigenvalue weighted by atomic mass is 10.1. The summed E-state index contributed by atoms with van der Waals surface area (Å²) in [6.07, 6.45) is 0.847. The molecule has 1 aromatic carbocycles. The van der Waals surface area contributed by atoms with E-state index in [-0.39, 0.29) is 36.2 Å². The first-order valence-corrected chi connectivity index (χ1v) is 7.19. The van der Waals surface area contributed by atoms with Gasteiger partial charge in [0.1, 0.15) is 0 Å². The van der Waals surface area contributed by atoms with Crippen LogP contribution in [0.3, 0.4) is 0 Å². The molecule has 3 nitrogen and oxygen atoms in total. The van der Waals surface area contributed by atoms with Crippen molar-refractivity contribution in [1.82, 2.24) is 10.6 Å². The van der Waals surface area contributed by atoms with Gasteiger partial charge in [-0.15, -0.1) is 12.4 Å². The first-order valence-electron chi connectivity index (χ1n) is 6.43. The van der Waals surface area contributed by atoms with Gasteiger partial charge in [-0.2, -0.15) is 0 Å². The van der Waals surface area contributed by atoms with Gasteiger partial charge in [0.2, 0.25) is 5.91 Å². The second kappa shape index (κ2) is 7.51. The quantitative estimate of drug-likeness (QED) is 0.866. The summed E-state index contributed by atoms with van der Waals surface area (Å²) in [6.45, 7) is 2.67. The van der Waals surface area contributed by atoms with Crippen LogP contribution in [-0.4, -0.2) is 25.5 Å². The molecule has 0 aromatic heterocycles. The maximum atomic E-state index is 12.0. The number of carbonyl (C=O) groups excluding carboxylic acids is 1. The maximum absolute atomic E-state index is 12.0. The van der Waals surface area contributed by atoms with Crippen LogP contribution in [0.4, 0.5) is 0 Å². The van der Waals surface area contributed by atoms with Gasteiger partial charge in [0, 0.05) is 18.5 Å². The minimum Gasteiger partial charge on any atom is -0.354 e. The molecule has 2 N–H and O–H groups in total. The molecule has 2 rings (SSSR count). The van der Waals surface area contributed by atoms with Crippen molar-refractivity contribution < 1.29 is 4.79 Å². The Balaban J connectivity index is 0.00000200. The molecular weight excluding hydrogens is 319 g/mol. The van der Waals surface area contributed by atoms with E-state index in [0.717, 1.165) is 12.0 Å². The Morgan fingerprint density at radius 3 is 2.80 bits per heavy atom. The molecule has 0 heterocycles. The maximum Gasteiger partial charge on any atom is 0.223 e. The number of hydrogen-bond acceptors (Lipinski definition) is 2. The minimum absolute atomic E-state index is 0. The monoisotopic (exact) mass is 336 g/mol. The largest absolute Gasteiger partial charge is 0.354 e. The second-order valence-corrected chi connectivity index (χ2v) is 5.81. The van der Waals surface area contributed by atoms with Crippen molar-refractivity contribution in [3.8, 4) is 0 Å². The predicted molar refractivity (Wildman–Crippen MR) is 86.1 cm³/mol. The predicted octanol–water partition coefficient (Wildman–Crippen LogP) is 3.24. The summed E-state index contributed by atoms with van der Waals surface area (Å²) in [5, 5.41) is 7.16. The number of carbonyl (C=O) groups is 1. The van der Waals surface area contributed by atoms with E-state index in [1.54, 1.807) is 6.07 Å². The molecule has 6 heteroatoms. The normalized spacial score (nSPS) is 21.8. The zero-order valence-corrected chi connectivity index (χ0v) is 13.8. The Kier molecular flexibility index (Phi) is 6.59. The van der Waals surface area contributed by atoms with Gasteiger partial charge in [-0.3, -0.25) is 4.79 Å². The smallest absolute Gasteiger partial charge is 0.223 e. The van der Waals surface area contributed by atoms with E-state index in [0.29, 0.717) is 16.6 Å². The molecule has 3 unspecified atom stereocenters. The highest BCUT2D eigenvalue weighted by molar-refractivity contribution is 6.42. The topological polar surface area (TPSA) is 41.1 Å². The van der Waals surface area contributed by atoms with Gasteiger partial charge < -0.3 is 10.6 Å². The summed E-state index contributed by atoms with van der Waals surface area (Å²) in [5.41, 5.74) is 0.982. The van der Waals surface area contributed by atoms with Gasteiger partial charge in [-0.05, 0) is 37.9 Å². The molecule has 1 amide bonds. The van der Waals surface area contributed by atoms with Crippen LogP contribution < -0.4 is 10.6 Å². The fraction of sp³-hybridized carbons (Fsp3) is 0.500. The number of rotatable bonds is 5. The Labute approximate surface area is 135 Å². The number of nitrogens with one attached hydrogen (secondary N) is 2. The standard InChI is InChI=1S/C14H18Cl2N2O.ClH/c1-8(17-2)7-18-14(19)11-6-10(11)9-4-3-5-12(15)13(9)16;/h3-5,8,10-11,17H,6-7H2,1-2H3,(H,18,19);1H. The molecule has 1 aliphatic carbocycles. The first kappa shape index (κ1) is 17.6. The van der Waals surface area contributed by atoms with Gasteiger partial charge in [0.05, 0.1) is 10.0 Å². The number of amides is 1. The average Bonchev–Trinajstić information content (AvgIpc) is 3.19. The summed E-state index contributed by atoms with van der Waals surface area (Å²) < 4.78 is 0. The van der Waals surface area contributed by atoms with Crippen molar-refractivity contribution in [3.63, 3.8) is 0 Å². The third-order valence-electron chi connectivity index (χ3n) is 3.58. The molecule has 0 radical (unpaired) electrons. The fourth-order valence-electron chi connectivity index (χ4n) is 2.12. The van der Waals surface area contributed by atoms with Gasteiger partial charge in [-0.1, -0.05) is 35.3 Å². The van der Waals surface area contributed by atoms with Gasteiger partial charge >= 0.3 is 0 Å². The van der Waals surface area contributed by atoms with Crippen LogP contribution in [0.25, 0.3) is 0 Å². The number of likely N-dealkylation sites (N-methyl/N-ethyl adjacent to an activating group) is 1. The van der Waals surface area contributed by atoms with Crippen LogP contribution in [0.1, 0.15) is 24.8 Å². The van der Waals surface area contributed by atoms with Crippen molar-refractivity contribution in [2.45, 2.75) is 25.3 Å². The molecule has 0 saturated heterocycles. The van der Waals surface area contributed by atoms with E-state index in [2.05, 4.69) is 10.6 Å². The molecule has 20 heavy (non-hydrogen) atoms. The summed E-state index contributed by atoms with van der Waals surface area (Å²) in [5.74, 6) is 0.333. The Hall–Kier alpha value is -0.480. The lowest BCUT2D eigenvalue weighted by Crippen LogP contribution is -2.38. The summed E-state index contributed by atoms with van der Waals surface area (Å²) in [6, 6.07) is 5.86. The van der Waals surface area contributed by atoms with Crippen LogP contribution in [0.2, 0.25) is 10.0 Å². The van der Waals surface area contributed by atoms with E-state index in [1.807, 2.05) is 26.1 Å². The number of hydrogen-bond donors (Lipinski definition) is 2. The molecule has 1 fully saturated rings. The van der Waals surface area contributed by atoms with Crippen molar-refractivity contribution >= 4 is 41.5 Å². The van der Waals surface area contributed by atoms with E-state index < -0.39 is 0 Å². The van der Waals surface area contributed by atoms with E-state index >= 15 is 0 Å². The molecular formula is C14H19Cl3N2O. The van der Waals surface area contributed by atoms with Gasteiger partial charge in [-0.25, -0.2) is 0 Å². The zero-order chi connectivity index (χ0) is 14.0. The fourth-order valence-corrected chi connectivity index (χ4v) is 2.57. The average molecular weight is 338 g/mol. The molecule has 3 atom stereocenters.